The van der Waals surface area contributed by atoms with Crippen LogP contribution in [0.5, 0.6) is 17.2 Å². The van der Waals surface area contributed by atoms with Gasteiger partial charge in [0.15, 0.2) is 0 Å². The van der Waals surface area contributed by atoms with E-state index in [1.54, 1.807) is 32.0 Å². The second-order valence-electron chi connectivity index (χ2n) is 11.1. The van der Waals surface area contributed by atoms with Gasteiger partial charge in [0.1, 0.15) is 29.3 Å². The number of carboxylic acid groups (broad SMARTS) is 1. The van der Waals surface area contributed by atoms with Gasteiger partial charge in [-0.3, -0.25) is 29.0 Å². The van der Waals surface area contributed by atoms with E-state index >= 15 is 0 Å². The van der Waals surface area contributed by atoms with E-state index in [0.29, 0.717) is 22.3 Å². The normalized spacial score (nSPS) is 15.2. The number of anilines is 1. The molecule has 47 heavy (non-hydrogen) atoms. The highest BCUT2D eigenvalue weighted by molar-refractivity contribution is 7.58. The Morgan fingerprint density at radius 1 is 1.00 bits per heavy atom. The molecule has 17 heteroatoms. The first-order chi connectivity index (χ1) is 22.2. The van der Waals surface area contributed by atoms with Crippen LogP contribution >= 0.6 is 19.2 Å². The molecule has 1 aromatic heterocycles. The zero-order valence-corrected chi connectivity index (χ0v) is 27.9. The second kappa shape index (κ2) is 15.0. The van der Waals surface area contributed by atoms with Crippen molar-refractivity contribution >= 4 is 59.7 Å². The predicted octanol–water partition coefficient (Wildman–Crippen LogP) is 4.80. The van der Waals surface area contributed by atoms with E-state index in [0.717, 1.165) is 12.8 Å². The quantitative estimate of drug-likeness (QED) is 0.0996. The molecule has 3 aromatic rings. The van der Waals surface area contributed by atoms with E-state index in [9.17, 15) is 28.8 Å². The number of esters is 1. The molecule has 15 nitrogen and oxygen atoms in total. The van der Waals surface area contributed by atoms with Crippen molar-refractivity contribution in [1.82, 2.24) is 25.6 Å². The van der Waals surface area contributed by atoms with Gasteiger partial charge in [-0.25, -0.2) is 15.0 Å². The molecule has 6 N–H and O–H groups in total. The summed E-state index contributed by atoms with van der Waals surface area (Å²) >= 11 is 6.41. The molecular weight excluding hydrogens is 655 g/mol. The summed E-state index contributed by atoms with van der Waals surface area (Å²) in [6.45, 7) is 5.85. The molecule has 1 heterocycles. The maximum absolute atomic E-state index is 13.9. The standard InChI is InChI=1S/C30H36ClN6O9P/c1-15(2)45-29(41)17(4)36-47(43,35-16(3)28(39)40)37-27(38)21-13-20-24(14-26(21)44-5)32-11-10-25(20)46-19-8-9-23(22(31)12-19)34-30(42)33-18-6-7-18/h8-18H,6-7H2,1-5H3,(H,39,40)(H2,33,34,42)(H3,35,36,37,38,43). The van der Waals surface area contributed by atoms with Gasteiger partial charge in [-0.15, -0.1) is 0 Å². The van der Waals surface area contributed by atoms with Crippen LogP contribution in [-0.2, 0) is 18.9 Å². The van der Waals surface area contributed by atoms with Gasteiger partial charge >= 0.3 is 25.6 Å². The summed E-state index contributed by atoms with van der Waals surface area (Å²) in [7, 11) is -2.99. The maximum atomic E-state index is 13.9. The molecule has 0 saturated heterocycles. The van der Waals surface area contributed by atoms with Crippen LogP contribution in [0.4, 0.5) is 10.5 Å². The maximum Gasteiger partial charge on any atom is 0.323 e. The molecule has 3 amide bonds. The van der Waals surface area contributed by atoms with Crippen molar-refractivity contribution in [1.29, 1.82) is 0 Å². The van der Waals surface area contributed by atoms with Crippen molar-refractivity contribution in [2.45, 2.75) is 64.8 Å². The average molecular weight is 691 g/mol. The molecule has 1 saturated carbocycles. The lowest BCUT2D eigenvalue weighted by Crippen LogP contribution is -2.46. The average Bonchev–Trinajstić information content (AvgIpc) is 3.81. The number of nitrogens with one attached hydrogen (secondary N) is 5. The first-order valence-corrected chi connectivity index (χ1v) is 16.7. The molecule has 1 aliphatic rings. The van der Waals surface area contributed by atoms with Crippen LogP contribution in [0.2, 0.25) is 5.02 Å². The number of carbonyl (C=O) groups is 4. The topological polar surface area (TPSA) is 206 Å². The third-order valence-corrected chi connectivity index (χ3v) is 9.01. The highest BCUT2D eigenvalue weighted by atomic mass is 35.5. The molecular formula is C30H36ClN6O9P. The Kier molecular flexibility index (Phi) is 11.3. The number of aliphatic carboxylic acids is 1. The summed E-state index contributed by atoms with van der Waals surface area (Å²) in [5.74, 6) is -2.38. The summed E-state index contributed by atoms with van der Waals surface area (Å²) in [5, 5.41) is 22.7. The van der Waals surface area contributed by atoms with Crippen LogP contribution < -0.4 is 35.4 Å². The van der Waals surface area contributed by atoms with Gasteiger partial charge in [0.25, 0.3) is 5.91 Å². The van der Waals surface area contributed by atoms with Gasteiger partial charge < -0.3 is 30.0 Å². The summed E-state index contributed by atoms with van der Waals surface area (Å²) in [5.41, 5.74) is 0.679. The zero-order valence-electron chi connectivity index (χ0n) is 26.3. The van der Waals surface area contributed by atoms with Crippen LogP contribution in [0, 0.1) is 0 Å². The Balaban J connectivity index is 1.62. The number of carbonyl (C=O) groups excluding carboxylic acids is 3. The number of fused-ring (bicyclic) bond motifs is 1. The molecule has 0 aliphatic heterocycles. The van der Waals surface area contributed by atoms with Crippen molar-refractivity contribution in [3.63, 3.8) is 0 Å². The van der Waals surface area contributed by atoms with E-state index in [-0.39, 0.29) is 34.2 Å². The first kappa shape index (κ1) is 35.4. The number of hydrogen-bond donors (Lipinski definition) is 6. The van der Waals surface area contributed by atoms with Gasteiger partial charge in [-0.2, -0.15) is 0 Å². The van der Waals surface area contributed by atoms with Crippen molar-refractivity contribution in [2.24, 2.45) is 0 Å². The second-order valence-corrected chi connectivity index (χ2v) is 13.4. The number of amides is 3. The number of nitrogens with zero attached hydrogens (tertiary/aromatic N) is 1. The summed E-state index contributed by atoms with van der Waals surface area (Å²) < 4.78 is 30.6. The van der Waals surface area contributed by atoms with Gasteiger partial charge in [0, 0.05) is 29.8 Å². The minimum atomic E-state index is -4.32. The zero-order chi connectivity index (χ0) is 34.5. The molecule has 3 unspecified atom stereocenters. The number of rotatable bonds is 14. The lowest BCUT2D eigenvalue weighted by molar-refractivity contribution is -0.149. The van der Waals surface area contributed by atoms with Gasteiger partial charge in [-0.05, 0) is 64.8 Å². The van der Waals surface area contributed by atoms with Crippen molar-refractivity contribution in [3.8, 4) is 17.2 Å². The molecule has 1 aliphatic carbocycles. The van der Waals surface area contributed by atoms with Gasteiger partial charge in [0.2, 0.25) is 0 Å². The summed E-state index contributed by atoms with van der Waals surface area (Å²) in [6.07, 6.45) is 2.90. The monoisotopic (exact) mass is 690 g/mol. The number of benzene rings is 2. The lowest BCUT2D eigenvalue weighted by atomic mass is 10.1. The van der Waals surface area contributed by atoms with Crippen LogP contribution in [0.1, 0.15) is 50.9 Å². The predicted molar refractivity (Wildman–Crippen MR) is 174 cm³/mol. The molecule has 0 radical (unpaired) electrons. The van der Waals surface area contributed by atoms with Crippen LogP contribution in [0.25, 0.3) is 10.9 Å². The SMILES string of the molecule is COc1cc2nccc(Oc3ccc(NC(=O)NC4CC4)c(Cl)c3)c2cc1C(=O)NP(=O)(NC(C)C(=O)O)NC(C)C(=O)OC(C)C. The van der Waals surface area contributed by atoms with Crippen LogP contribution in [0.15, 0.2) is 42.6 Å². The number of aromatic nitrogens is 1. The first-order valence-electron chi connectivity index (χ1n) is 14.6. The molecule has 3 atom stereocenters. The molecule has 252 valence electrons. The summed E-state index contributed by atoms with van der Waals surface area (Å²) in [6, 6.07) is 6.38. The molecule has 1 fully saturated rings. The van der Waals surface area contributed by atoms with Gasteiger partial charge in [-0.1, -0.05) is 11.6 Å². The molecule has 2 aromatic carbocycles. The highest BCUT2D eigenvalue weighted by Gasteiger charge is 2.34. The molecule has 0 bridgehead atoms. The van der Waals surface area contributed by atoms with E-state index in [1.165, 1.54) is 45.4 Å². The smallest absolute Gasteiger partial charge is 0.323 e. The Labute approximate surface area is 275 Å². The van der Waals surface area contributed by atoms with E-state index in [4.69, 9.17) is 25.8 Å². The Morgan fingerprint density at radius 2 is 1.70 bits per heavy atom. The molecule has 4 rings (SSSR count). The molecule has 0 spiro atoms. The Hall–Kier alpha value is -4.43. The minimum absolute atomic E-state index is 0.0627. The van der Waals surface area contributed by atoms with Crippen molar-refractivity contribution in [3.05, 3.63) is 53.2 Å². The van der Waals surface area contributed by atoms with Gasteiger partial charge in [0.05, 0.1) is 35.0 Å². The van der Waals surface area contributed by atoms with Crippen LogP contribution in [-0.4, -0.2) is 65.3 Å². The van der Waals surface area contributed by atoms with E-state index < -0.39 is 43.6 Å². The minimum Gasteiger partial charge on any atom is -0.496 e. The lowest BCUT2D eigenvalue weighted by Gasteiger charge is -2.26. The van der Waals surface area contributed by atoms with Crippen molar-refractivity contribution in [2.75, 3.05) is 12.4 Å². The third-order valence-electron chi connectivity index (χ3n) is 6.68. The van der Waals surface area contributed by atoms with Crippen molar-refractivity contribution < 1.29 is 43.1 Å². The number of ether oxygens (including phenoxy) is 3. The summed E-state index contributed by atoms with van der Waals surface area (Å²) in [4.78, 5) is 54.1. The number of carboxylic acids is 1. The number of urea groups is 1. The van der Waals surface area contributed by atoms with Crippen LogP contribution in [0.3, 0.4) is 0 Å². The third kappa shape index (κ3) is 9.55. The number of hydrogen-bond acceptors (Lipinski definition) is 9. The number of pyridine rings is 1. The Morgan fingerprint density at radius 3 is 2.32 bits per heavy atom. The van der Waals surface area contributed by atoms with E-state index in [2.05, 4.69) is 30.9 Å². The highest BCUT2D eigenvalue weighted by Crippen LogP contribution is 2.38. The Bertz CT molecular complexity index is 1740. The number of methoxy groups -OCH3 is 1. The van der Waals surface area contributed by atoms with E-state index in [1.807, 2.05) is 0 Å². The fourth-order valence-corrected chi connectivity index (χ4v) is 6.37. The number of halogens is 1. The largest absolute Gasteiger partial charge is 0.496 e. The fraction of sp³-hybridized carbons (Fsp3) is 0.367. The fourth-order valence-electron chi connectivity index (χ4n) is 4.24.